The quantitative estimate of drug-likeness (QED) is 0.579. The summed E-state index contributed by atoms with van der Waals surface area (Å²) in [6, 6.07) is 5.55. The minimum Gasteiger partial charge on any atom is -0.345 e. The van der Waals surface area contributed by atoms with Gasteiger partial charge in [-0.3, -0.25) is 9.52 Å². The Kier molecular flexibility index (Phi) is 4.97. The van der Waals surface area contributed by atoms with E-state index in [9.17, 15) is 13.2 Å². The average molecular weight is 432 g/mol. The van der Waals surface area contributed by atoms with Crippen molar-refractivity contribution < 1.29 is 17.6 Å². The zero-order valence-corrected chi connectivity index (χ0v) is 16.5. The highest BCUT2D eigenvalue weighted by Crippen LogP contribution is 2.28. The molecule has 9 heteroatoms. The second-order valence-electron chi connectivity index (χ2n) is 6.45. The number of halogens is 2. The van der Waals surface area contributed by atoms with E-state index >= 15 is 4.39 Å². The molecule has 0 bridgehead atoms. The van der Waals surface area contributed by atoms with E-state index in [0.717, 1.165) is 0 Å². The van der Waals surface area contributed by atoms with Gasteiger partial charge in [0.1, 0.15) is 5.65 Å². The molecule has 2 heterocycles. The van der Waals surface area contributed by atoms with E-state index in [1.807, 2.05) is 6.08 Å². The van der Waals surface area contributed by atoms with Gasteiger partial charge in [-0.25, -0.2) is 17.8 Å². The smallest absolute Gasteiger partial charge is 0.258 e. The van der Waals surface area contributed by atoms with Crippen LogP contribution < -0.4 is 4.72 Å². The SMILES string of the molecule is O=C(c1cccc(NS(=O)(=O)C2=CC=CCC2)c1F)c1c[nH]c2ncc(Cl)cc12. The van der Waals surface area contributed by atoms with Crippen molar-refractivity contribution in [1.29, 1.82) is 0 Å². The molecule has 1 aliphatic carbocycles. The molecule has 2 aromatic heterocycles. The number of aromatic nitrogens is 2. The molecule has 0 saturated heterocycles. The van der Waals surface area contributed by atoms with E-state index < -0.39 is 21.6 Å². The van der Waals surface area contributed by atoms with Crippen LogP contribution in [0.2, 0.25) is 5.02 Å². The highest BCUT2D eigenvalue weighted by molar-refractivity contribution is 7.96. The summed E-state index contributed by atoms with van der Waals surface area (Å²) >= 11 is 5.95. The zero-order valence-electron chi connectivity index (χ0n) is 14.9. The molecular formula is C20H15ClFN3O3S. The van der Waals surface area contributed by atoms with Crippen molar-refractivity contribution in [3.8, 4) is 0 Å². The second-order valence-corrected chi connectivity index (χ2v) is 8.63. The summed E-state index contributed by atoms with van der Waals surface area (Å²) in [5.41, 5.74) is 0.0761. The number of ketones is 1. The minimum absolute atomic E-state index is 0.161. The average Bonchev–Trinajstić information content (AvgIpc) is 3.12. The van der Waals surface area contributed by atoms with E-state index in [-0.39, 0.29) is 21.7 Å². The van der Waals surface area contributed by atoms with Gasteiger partial charge in [0.2, 0.25) is 0 Å². The molecule has 0 atom stereocenters. The summed E-state index contributed by atoms with van der Waals surface area (Å²) in [4.78, 5) is 20.0. The van der Waals surface area contributed by atoms with Crippen molar-refractivity contribution in [3.05, 3.63) is 81.8 Å². The Morgan fingerprint density at radius 2 is 2.10 bits per heavy atom. The normalized spacial score (nSPS) is 14.1. The molecule has 6 nitrogen and oxygen atoms in total. The molecule has 1 aromatic carbocycles. The second kappa shape index (κ2) is 7.46. The Morgan fingerprint density at radius 1 is 1.28 bits per heavy atom. The molecule has 2 N–H and O–H groups in total. The predicted molar refractivity (Wildman–Crippen MR) is 110 cm³/mol. The van der Waals surface area contributed by atoms with Crippen LogP contribution >= 0.6 is 11.6 Å². The van der Waals surface area contributed by atoms with Crippen LogP contribution in [0.4, 0.5) is 10.1 Å². The van der Waals surface area contributed by atoms with Gasteiger partial charge in [0.25, 0.3) is 10.0 Å². The maximum atomic E-state index is 15.1. The van der Waals surface area contributed by atoms with E-state index in [1.54, 1.807) is 12.1 Å². The first-order valence-electron chi connectivity index (χ1n) is 8.71. The molecule has 3 aromatic rings. The van der Waals surface area contributed by atoms with Gasteiger partial charge < -0.3 is 4.98 Å². The van der Waals surface area contributed by atoms with Crippen LogP contribution in [0, 0.1) is 5.82 Å². The lowest BCUT2D eigenvalue weighted by molar-refractivity contribution is 0.103. The molecule has 0 radical (unpaired) electrons. The van der Waals surface area contributed by atoms with Crippen LogP contribution in [0.1, 0.15) is 28.8 Å². The van der Waals surface area contributed by atoms with Crippen molar-refractivity contribution in [3.63, 3.8) is 0 Å². The number of carbonyl (C=O) groups is 1. The highest BCUT2D eigenvalue weighted by atomic mass is 35.5. The van der Waals surface area contributed by atoms with Gasteiger partial charge in [0.05, 0.1) is 21.2 Å². The number of hydrogen-bond donors (Lipinski definition) is 2. The summed E-state index contributed by atoms with van der Waals surface area (Å²) in [5, 5.41) is 0.787. The van der Waals surface area contributed by atoms with E-state index in [0.29, 0.717) is 28.9 Å². The summed E-state index contributed by atoms with van der Waals surface area (Å²) < 4.78 is 42.4. The molecular weight excluding hydrogens is 417 g/mol. The minimum atomic E-state index is -3.92. The molecule has 0 unspecified atom stereocenters. The molecule has 0 fully saturated rings. The van der Waals surface area contributed by atoms with E-state index in [4.69, 9.17) is 11.6 Å². The monoisotopic (exact) mass is 431 g/mol. The number of nitrogens with one attached hydrogen (secondary N) is 2. The molecule has 0 aliphatic heterocycles. The number of aromatic amines is 1. The van der Waals surface area contributed by atoms with Crippen LogP contribution in [0.3, 0.4) is 0 Å². The molecule has 0 spiro atoms. The van der Waals surface area contributed by atoms with Crippen molar-refractivity contribution in [1.82, 2.24) is 9.97 Å². The first kappa shape index (κ1) is 19.4. The van der Waals surface area contributed by atoms with Crippen LogP contribution in [0.15, 0.2) is 59.8 Å². The number of sulfonamides is 1. The predicted octanol–water partition coefficient (Wildman–Crippen LogP) is 4.56. The fourth-order valence-electron chi connectivity index (χ4n) is 3.11. The maximum Gasteiger partial charge on any atom is 0.258 e. The molecule has 29 heavy (non-hydrogen) atoms. The Balaban J connectivity index is 1.71. The molecule has 148 valence electrons. The highest BCUT2D eigenvalue weighted by Gasteiger charge is 2.24. The molecule has 4 rings (SSSR count). The Bertz CT molecular complexity index is 1300. The lowest BCUT2D eigenvalue weighted by Crippen LogP contribution is -2.17. The van der Waals surface area contributed by atoms with Gasteiger partial charge in [-0.1, -0.05) is 29.8 Å². The maximum absolute atomic E-state index is 15.1. The van der Waals surface area contributed by atoms with Crippen molar-refractivity contribution in [2.75, 3.05) is 4.72 Å². The third-order valence-electron chi connectivity index (χ3n) is 4.55. The number of nitrogens with zero attached hydrogens (tertiary/aromatic N) is 1. The van der Waals surface area contributed by atoms with Gasteiger partial charge in [-0.2, -0.15) is 0 Å². The first-order valence-corrected chi connectivity index (χ1v) is 10.6. The number of benzene rings is 1. The summed E-state index contributed by atoms with van der Waals surface area (Å²) in [6.07, 6.45) is 8.73. The largest absolute Gasteiger partial charge is 0.345 e. The van der Waals surface area contributed by atoms with Gasteiger partial charge in [-0.05, 0) is 37.1 Å². The molecule has 1 aliphatic rings. The number of pyridine rings is 1. The zero-order chi connectivity index (χ0) is 20.6. The standard InChI is InChI=1S/C20H15ClFN3O3S/c21-12-9-15-16(11-24-20(15)23-10-12)19(26)14-7-4-8-17(18(14)22)25-29(27,28)13-5-2-1-3-6-13/h1-2,4-5,7-11,25H,3,6H2,(H,23,24). The number of hydrogen-bond acceptors (Lipinski definition) is 4. The van der Waals surface area contributed by atoms with Gasteiger partial charge >= 0.3 is 0 Å². The summed E-state index contributed by atoms with van der Waals surface area (Å²) in [7, 11) is -3.92. The number of anilines is 1. The Morgan fingerprint density at radius 3 is 2.86 bits per heavy atom. The van der Waals surface area contributed by atoms with Crippen LogP contribution in [0.25, 0.3) is 11.0 Å². The van der Waals surface area contributed by atoms with Crippen molar-refractivity contribution in [2.45, 2.75) is 12.8 Å². The molecule has 0 amide bonds. The van der Waals surface area contributed by atoms with E-state index in [2.05, 4.69) is 14.7 Å². The number of rotatable bonds is 5. The van der Waals surface area contributed by atoms with Gasteiger partial charge in [-0.15, -0.1) is 0 Å². The topological polar surface area (TPSA) is 91.9 Å². The summed E-state index contributed by atoms with van der Waals surface area (Å²) in [6.45, 7) is 0. The summed E-state index contributed by atoms with van der Waals surface area (Å²) in [5.74, 6) is -1.56. The number of allylic oxidation sites excluding steroid dienone is 4. The first-order chi connectivity index (χ1) is 13.9. The third-order valence-corrected chi connectivity index (χ3v) is 6.28. The number of fused-ring (bicyclic) bond motifs is 1. The van der Waals surface area contributed by atoms with Crippen LogP contribution in [-0.2, 0) is 10.0 Å². The van der Waals surface area contributed by atoms with E-state index in [1.165, 1.54) is 36.7 Å². The lowest BCUT2D eigenvalue weighted by atomic mass is 10.0. The van der Waals surface area contributed by atoms with Gasteiger partial charge in [0, 0.05) is 23.3 Å². The Hall–Kier alpha value is -2.97. The lowest BCUT2D eigenvalue weighted by Gasteiger charge is -2.14. The number of H-pyrrole nitrogens is 1. The third kappa shape index (κ3) is 3.68. The Labute approximate surface area is 171 Å². The van der Waals surface area contributed by atoms with Crippen LogP contribution in [-0.4, -0.2) is 24.2 Å². The fourth-order valence-corrected chi connectivity index (χ4v) is 4.49. The van der Waals surface area contributed by atoms with Crippen molar-refractivity contribution >= 4 is 44.1 Å². The van der Waals surface area contributed by atoms with Crippen LogP contribution in [0.5, 0.6) is 0 Å². The van der Waals surface area contributed by atoms with Gasteiger partial charge in [0.15, 0.2) is 11.6 Å². The number of carbonyl (C=O) groups excluding carboxylic acids is 1. The van der Waals surface area contributed by atoms with Crippen molar-refractivity contribution in [2.24, 2.45) is 0 Å². The molecule has 0 saturated carbocycles. The fraction of sp³-hybridized carbons (Fsp3) is 0.100.